The third-order valence-corrected chi connectivity index (χ3v) is 8.84. The summed E-state index contributed by atoms with van der Waals surface area (Å²) in [5.41, 5.74) is 1.11. The van der Waals surface area contributed by atoms with Crippen molar-refractivity contribution in [1.82, 2.24) is 19.4 Å². The molecule has 30 heavy (non-hydrogen) atoms. The van der Waals surface area contributed by atoms with Crippen LogP contribution in [-0.4, -0.2) is 72.7 Å². The first-order valence-corrected chi connectivity index (χ1v) is 13.2. The maximum Gasteiger partial charge on any atom is 0.257 e. The number of nitrogens with one attached hydrogen (secondary N) is 1. The molecule has 3 rings (SSSR count). The summed E-state index contributed by atoms with van der Waals surface area (Å²) in [6.07, 6.45) is 0. The van der Waals surface area contributed by atoms with Crippen molar-refractivity contribution in [1.29, 1.82) is 0 Å². The van der Waals surface area contributed by atoms with Crippen molar-refractivity contribution < 1.29 is 13.2 Å². The van der Waals surface area contributed by atoms with Gasteiger partial charge in [-0.15, -0.1) is 10.2 Å². The molecule has 2 heterocycles. The smallest absolute Gasteiger partial charge is 0.257 e. The van der Waals surface area contributed by atoms with Gasteiger partial charge in [-0.3, -0.25) is 10.1 Å². The number of rotatable bonds is 8. The van der Waals surface area contributed by atoms with E-state index in [1.54, 1.807) is 36.0 Å². The van der Waals surface area contributed by atoms with Crippen LogP contribution in [0.25, 0.3) is 0 Å². The molecule has 1 saturated heterocycles. The van der Waals surface area contributed by atoms with Gasteiger partial charge in [0.2, 0.25) is 15.2 Å². The van der Waals surface area contributed by atoms with E-state index in [-0.39, 0.29) is 11.7 Å². The summed E-state index contributed by atoms with van der Waals surface area (Å²) in [6.45, 7) is 6.77. The Morgan fingerprint density at radius 2 is 1.83 bits per heavy atom. The van der Waals surface area contributed by atoms with Crippen LogP contribution in [0, 0.1) is 5.92 Å². The first-order chi connectivity index (χ1) is 14.2. The van der Waals surface area contributed by atoms with E-state index in [0.717, 1.165) is 23.2 Å². The molecule has 1 N–H and O–H groups in total. The van der Waals surface area contributed by atoms with Crippen LogP contribution in [0.1, 0.15) is 29.8 Å². The van der Waals surface area contributed by atoms with Crippen molar-refractivity contribution in [3.8, 4) is 0 Å². The second kappa shape index (κ2) is 10.2. The van der Waals surface area contributed by atoms with E-state index < -0.39 is 10.0 Å². The summed E-state index contributed by atoms with van der Waals surface area (Å²) in [6, 6.07) is 6.65. The lowest BCUT2D eigenvalue weighted by Gasteiger charge is -2.31. The van der Waals surface area contributed by atoms with Crippen molar-refractivity contribution in [2.75, 3.05) is 44.3 Å². The Morgan fingerprint density at radius 3 is 2.47 bits per heavy atom. The largest absolute Gasteiger partial charge is 0.304 e. The molecule has 1 aliphatic rings. The lowest BCUT2D eigenvalue weighted by molar-refractivity contribution is 0.102. The Balaban J connectivity index is 1.56. The van der Waals surface area contributed by atoms with E-state index >= 15 is 0 Å². The number of carbonyl (C=O) groups is 1. The summed E-state index contributed by atoms with van der Waals surface area (Å²) in [7, 11) is -1.38. The lowest BCUT2D eigenvalue weighted by Crippen LogP contribution is -2.47. The summed E-state index contributed by atoms with van der Waals surface area (Å²) in [4.78, 5) is 14.6. The van der Waals surface area contributed by atoms with Gasteiger partial charge in [0.25, 0.3) is 5.91 Å². The Bertz CT molecular complexity index is 952. The summed E-state index contributed by atoms with van der Waals surface area (Å²) < 4.78 is 27.6. The van der Waals surface area contributed by atoms with Crippen LogP contribution in [-0.2, 0) is 15.8 Å². The Morgan fingerprint density at radius 1 is 1.17 bits per heavy atom. The first kappa shape index (κ1) is 23.1. The lowest BCUT2D eigenvalue weighted by atomic mass is 10.1. The zero-order valence-corrected chi connectivity index (χ0v) is 19.8. The number of hydrogen-bond donors (Lipinski definition) is 1. The normalized spacial score (nSPS) is 16.1. The molecule has 164 valence electrons. The number of likely N-dealkylation sites (N-methyl/N-ethyl adjacent to an activating group) is 1. The summed E-state index contributed by atoms with van der Waals surface area (Å²) in [5.74, 6) is 1.14. The fourth-order valence-electron chi connectivity index (χ4n) is 2.85. The number of anilines is 1. The zero-order valence-electron chi connectivity index (χ0n) is 17.4. The van der Waals surface area contributed by atoms with E-state index in [0.29, 0.717) is 35.3 Å². The quantitative estimate of drug-likeness (QED) is 0.469. The topological polar surface area (TPSA) is 95.5 Å². The van der Waals surface area contributed by atoms with E-state index in [1.165, 1.54) is 15.6 Å². The van der Waals surface area contributed by atoms with Crippen LogP contribution in [0.5, 0.6) is 0 Å². The van der Waals surface area contributed by atoms with E-state index in [1.807, 2.05) is 7.05 Å². The molecule has 0 spiro atoms. The number of sulfonamides is 1. The molecule has 0 bridgehead atoms. The first-order valence-electron chi connectivity index (χ1n) is 9.76. The second-order valence-corrected chi connectivity index (χ2v) is 11.9. The monoisotopic (exact) mass is 469 g/mol. The van der Waals surface area contributed by atoms with Gasteiger partial charge >= 0.3 is 0 Å². The average molecular weight is 470 g/mol. The number of thioether (sulfide) groups is 1. The van der Waals surface area contributed by atoms with Crippen LogP contribution in [0.15, 0.2) is 28.6 Å². The van der Waals surface area contributed by atoms with Crippen LogP contribution >= 0.6 is 23.1 Å². The molecule has 1 fully saturated rings. The fourth-order valence-corrected chi connectivity index (χ4v) is 6.09. The molecule has 1 amide bonds. The Kier molecular flexibility index (Phi) is 7.86. The molecule has 1 aromatic heterocycles. The maximum atomic E-state index is 12.6. The van der Waals surface area contributed by atoms with Crippen molar-refractivity contribution in [3.05, 3.63) is 35.4 Å². The minimum Gasteiger partial charge on any atom is -0.304 e. The number of amides is 1. The van der Waals surface area contributed by atoms with Gasteiger partial charge in [0, 0.05) is 37.5 Å². The SMILES string of the molecule is CC(C)CSc1nnc(NC(=O)c2ccc(CS(=O)(=O)N3CCN(C)CC3)cc2)s1. The highest BCUT2D eigenvalue weighted by molar-refractivity contribution is 8.01. The molecule has 11 heteroatoms. The molecule has 0 saturated carbocycles. The molecule has 0 radical (unpaired) electrons. The fraction of sp³-hybridized carbons (Fsp3) is 0.526. The van der Waals surface area contributed by atoms with Gasteiger partial charge in [0.15, 0.2) is 4.34 Å². The number of nitrogens with zero attached hydrogens (tertiary/aromatic N) is 4. The molecule has 1 aliphatic heterocycles. The van der Waals surface area contributed by atoms with Crippen molar-refractivity contribution in [2.45, 2.75) is 23.9 Å². The Labute approximate surface area is 186 Å². The molecule has 8 nitrogen and oxygen atoms in total. The van der Waals surface area contributed by atoms with Gasteiger partial charge in [-0.25, -0.2) is 8.42 Å². The highest BCUT2D eigenvalue weighted by atomic mass is 32.2. The minimum atomic E-state index is -3.36. The average Bonchev–Trinajstić information content (AvgIpc) is 3.14. The third kappa shape index (κ3) is 6.48. The molecule has 1 aromatic carbocycles. The van der Waals surface area contributed by atoms with Gasteiger partial charge in [-0.1, -0.05) is 49.1 Å². The summed E-state index contributed by atoms with van der Waals surface area (Å²) in [5, 5.41) is 11.3. The summed E-state index contributed by atoms with van der Waals surface area (Å²) >= 11 is 2.97. The van der Waals surface area contributed by atoms with Gasteiger partial charge < -0.3 is 4.90 Å². The number of aromatic nitrogens is 2. The highest BCUT2D eigenvalue weighted by Crippen LogP contribution is 2.27. The van der Waals surface area contributed by atoms with E-state index in [4.69, 9.17) is 0 Å². The van der Waals surface area contributed by atoms with Crippen molar-refractivity contribution in [3.63, 3.8) is 0 Å². The predicted molar refractivity (Wildman–Crippen MR) is 122 cm³/mol. The van der Waals surface area contributed by atoms with Crippen LogP contribution in [0.2, 0.25) is 0 Å². The van der Waals surface area contributed by atoms with Crippen LogP contribution in [0.4, 0.5) is 5.13 Å². The van der Waals surface area contributed by atoms with Crippen molar-refractivity contribution >= 4 is 44.2 Å². The highest BCUT2D eigenvalue weighted by Gasteiger charge is 2.25. The number of benzene rings is 1. The number of hydrogen-bond acceptors (Lipinski definition) is 8. The van der Waals surface area contributed by atoms with Gasteiger partial charge in [-0.2, -0.15) is 4.31 Å². The van der Waals surface area contributed by atoms with Crippen molar-refractivity contribution in [2.24, 2.45) is 5.92 Å². The maximum absolute atomic E-state index is 12.6. The molecule has 2 aromatic rings. The number of carbonyl (C=O) groups excluding carboxylic acids is 1. The van der Waals surface area contributed by atoms with Crippen LogP contribution in [0.3, 0.4) is 0 Å². The minimum absolute atomic E-state index is 0.0640. The standard InChI is InChI=1S/C19H27N5O3S3/c1-14(2)12-28-19-22-21-18(29-19)20-17(25)16-6-4-15(5-7-16)13-30(26,27)24-10-8-23(3)9-11-24/h4-7,14H,8-13H2,1-3H3,(H,20,21,25). The van der Waals surface area contributed by atoms with Crippen LogP contribution < -0.4 is 5.32 Å². The zero-order chi connectivity index (χ0) is 21.7. The molecule has 0 unspecified atom stereocenters. The second-order valence-electron chi connectivity index (χ2n) is 7.69. The van der Waals surface area contributed by atoms with E-state index in [2.05, 4.69) is 34.3 Å². The van der Waals surface area contributed by atoms with Gasteiger partial charge in [0.05, 0.1) is 5.75 Å². The third-order valence-electron chi connectivity index (χ3n) is 4.59. The number of piperazine rings is 1. The van der Waals surface area contributed by atoms with Gasteiger partial charge in [-0.05, 0) is 30.7 Å². The molecule has 0 aliphatic carbocycles. The Hall–Kier alpha value is -1.53. The van der Waals surface area contributed by atoms with E-state index in [9.17, 15) is 13.2 Å². The van der Waals surface area contributed by atoms with Gasteiger partial charge in [0.1, 0.15) is 0 Å². The predicted octanol–water partition coefficient (Wildman–Crippen LogP) is 2.62. The molecular formula is C19H27N5O3S3. The molecular weight excluding hydrogens is 442 g/mol. The molecule has 0 atom stereocenters.